The molecule has 0 saturated carbocycles. The zero-order chi connectivity index (χ0) is 18.1. The summed E-state index contributed by atoms with van der Waals surface area (Å²) in [5.74, 6) is 0.256. The first-order valence-corrected chi connectivity index (χ1v) is 10.0. The summed E-state index contributed by atoms with van der Waals surface area (Å²) < 4.78 is 8.40. The number of nitrogens with one attached hydrogen (secondary N) is 1. The van der Waals surface area contributed by atoms with Gasteiger partial charge in [0.25, 0.3) is 5.91 Å². The minimum absolute atomic E-state index is 0.137. The summed E-state index contributed by atoms with van der Waals surface area (Å²) >= 11 is 8.41. The molecule has 0 aliphatic heterocycles. The molecule has 5 nitrogen and oxygen atoms in total. The fourth-order valence-corrected chi connectivity index (χ4v) is 4.77. The maximum atomic E-state index is 12.3. The Hall–Kier alpha value is -2.03. The minimum Gasteiger partial charge on any atom is -0.480 e. The first-order valence-electron chi connectivity index (χ1n) is 7.63. The molecule has 2 heterocycles. The summed E-state index contributed by atoms with van der Waals surface area (Å²) in [6, 6.07) is 13.4. The number of amides is 1. The van der Waals surface area contributed by atoms with E-state index in [-0.39, 0.29) is 12.5 Å². The van der Waals surface area contributed by atoms with Crippen LogP contribution in [0.2, 0.25) is 0 Å². The number of hydrogen-bond acceptors (Lipinski definition) is 5. The molecular formula is C18H11Br2N3O2S. The smallest absolute Gasteiger partial charge is 0.264 e. The fourth-order valence-electron chi connectivity index (χ4n) is 2.50. The molecule has 0 unspecified atom stereocenters. The van der Waals surface area contributed by atoms with Gasteiger partial charge in [-0.2, -0.15) is 0 Å². The molecule has 8 heteroatoms. The zero-order valence-electron chi connectivity index (χ0n) is 13.2. The molecule has 0 atom stereocenters. The van der Waals surface area contributed by atoms with Crippen molar-refractivity contribution in [3.8, 4) is 5.75 Å². The molecule has 2 aromatic carbocycles. The average molecular weight is 493 g/mol. The topological polar surface area (TPSA) is 64.1 Å². The van der Waals surface area contributed by atoms with Gasteiger partial charge >= 0.3 is 0 Å². The Bertz CT molecular complexity index is 1100. The van der Waals surface area contributed by atoms with E-state index in [1.54, 1.807) is 6.20 Å². The number of fused-ring (bicyclic) bond motifs is 2. The predicted molar refractivity (Wildman–Crippen MR) is 111 cm³/mol. The number of hydrogen-bond donors (Lipinski definition) is 1. The second kappa shape index (κ2) is 7.30. The number of halogens is 2. The van der Waals surface area contributed by atoms with Gasteiger partial charge in [-0.25, -0.2) is 4.98 Å². The quantitative estimate of drug-likeness (QED) is 0.415. The van der Waals surface area contributed by atoms with Crippen molar-refractivity contribution in [1.29, 1.82) is 0 Å². The highest BCUT2D eigenvalue weighted by Gasteiger charge is 2.14. The number of thiazole rings is 1. The van der Waals surface area contributed by atoms with Crippen molar-refractivity contribution in [3.05, 3.63) is 57.6 Å². The second-order valence-corrected chi connectivity index (χ2v) is 8.13. The lowest BCUT2D eigenvalue weighted by atomic mass is 10.2. The molecule has 26 heavy (non-hydrogen) atoms. The molecule has 0 aliphatic rings. The molecule has 1 amide bonds. The molecule has 0 aliphatic carbocycles. The van der Waals surface area contributed by atoms with Gasteiger partial charge in [-0.1, -0.05) is 45.5 Å². The number of carbonyl (C=O) groups is 1. The van der Waals surface area contributed by atoms with E-state index < -0.39 is 0 Å². The molecule has 0 saturated heterocycles. The summed E-state index contributed by atoms with van der Waals surface area (Å²) in [6.45, 7) is -0.137. The molecule has 0 spiro atoms. The maximum Gasteiger partial charge on any atom is 0.264 e. The molecule has 2 aromatic heterocycles. The SMILES string of the molecule is O=C(COc1c(Br)cc(Br)c2cccnc12)Nc1nc2ccccc2s1. The molecule has 1 N–H and O–H groups in total. The lowest BCUT2D eigenvalue weighted by Gasteiger charge is -2.11. The first-order chi connectivity index (χ1) is 12.6. The van der Waals surface area contributed by atoms with Crippen molar-refractivity contribution >= 4 is 75.4 Å². The summed E-state index contributed by atoms with van der Waals surface area (Å²) in [5.41, 5.74) is 1.54. The van der Waals surface area contributed by atoms with Gasteiger partial charge in [0.2, 0.25) is 0 Å². The van der Waals surface area contributed by atoms with Crippen molar-refractivity contribution in [3.63, 3.8) is 0 Å². The lowest BCUT2D eigenvalue weighted by molar-refractivity contribution is -0.118. The van der Waals surface area contributed by atoms with Gasteiger partial charge in [-0.3, -0.25) is 15.1 Å². The number of benzene rings is 2. The standard InChI is InChI=1S/C18H11Br2N3O2S/c19-11-8-12(20)17(16-10(11)4-3-7-21-16)25-9-15(24)23-18-22-13-5-1-2-6-14(13)26-18/h1-8H,9H2,(H,22,23,24). The number of carbonyl (C=O) groups excluding carboxylic acids is 1. The van der Waals surface area contributed by atoms with E-state index in [0.717, 1.165) is 24.5 Å². The highest BCUT2D eigenvalue weighted by atomic mass is 79.9. The van der Waals surface area contributed by atoms with Crippen molar-refractivity contribution in [2.24, 2.45) is 0 Å². The highest BCUT2D eigenvalue weighted by molar-refractivity contribution is 9.11. The van der Waals surface area contributed by atoms with E-state index in [4.69, 9.17) is 4.74 Å². The number of rotatable bonds is 4. The van der Waals surface area contributed by atoms with Crippen LogP contribution in [-0.4, -0.2) is 22.5 Å². The monoisotopic (exact) mass is 491 g/mol. The van der Waals surface area contributed by atoms with Gasteiger partial charge in [0.15, 0.2) is 17.5 Å². The Labute approximate surface area is 169 Å². The van der Waals surface area contributed by atoms with Crippen LogP contribution in [0.5, 0.6) is 5.75 Å². The van der Waals surface area contributed by atoms with Gasteiger partial charge in [0.1, 0.15) is 5.52 Å². The number of pyridine rings is 1. The van der Waals surface area contributed by atoms with Crippen molar-refractivity contribution in [1.82, 2.24) is 9.97 Å². The number of ether oxygens (including phenoxy) is 1. The van der Waals surface area contributed by atoms with E-state index >= 15 is 0 Å². The van der Waals surface area contributed by atoms with Crippen molar-refractivity contribution in [2.75, 3.05) is 11.9 Å². The van der Waals surface area contributed by atoms with E-state index in [9.17, 15) is 4.79 Å². The number of para-hydroxylation sites is 1. The highest BCUT2D eigenvalue weighted by Crippen LogP contribution is 2.37. The van der Waals surface area contributed by atoms with Crippen LogP contribution >= 0.6 is 43.2 Å². The zero-order valence-corrected chi connectivity index (χ0v) is 17.2. The van der Waals surface area contributed by atoms with Crippen LogP contribution in [-0.2, 0) is 4.79 Å². The Kier molecular flexibility index (Phi) is 4.88. The molecule has 0 fully saturated rings. The fraction of sp³-hybridized carbons (Fsp3) is 0.0556. The van der Waals surface area contributed by atoms with Gasteiger partial charge < -0.3 is 4.74 Å². The molecular weight excluding hydrogens is 482 g/mol. The van der Waals surface area contributed by atoms with E-state index in [1.807, 2.05) is 42.5 Å². The van der Waals surface area contributed by atoms with Crippen LogP contribution in [0, 0.1) is 0 Å². The Morgan fingerprint density at radius 2 is 2.00 bits per heavy atom. The first kappa shape index (κ1) is 17.4. The normalized spacial score (nSPS) is 11.0. The second-order valence-electron chi connectivity index (χ2n) is 5.39. The Morgan fingerprint density at radius 1 is 1.15 bits per heavy atom. The van der Waals surface area contributed by atoms with Gasteiger partial charge in [-0.05, 0) is 40.2 Å². The molecule has 0 bridgehead atoms. The molecule has 0 radical (unpaired) electrons. The summed E-state index contributed by atoms with van der Waals surface area (Å²) in [4.78, 5) is 21.0. The van der Waals surface area contributed by atoms with Crippen LogP contribution in [0.25, 0.3) is 21.1 Å². The van der Waals surface area contributed by atoms with Crippen LogP contribution < -0.4 is 10.1 Å². The summed E-state index contributed by atoms with van der Waals surface area (Å²) in [5, 5.41) is 4.25. The van der Waals surface area contributed by atoms with E-state index in [2.05, 4.69) is 47.1 Å². The van der Waals surface area contributed by atoms with Crippen LogP contribution in [0.1, 0.15) is 0 Å². The van der Waals surface area contributed by atoms with Gasteiger partial charge in [-0.15, -0.1) is 0 Å². The van der Waals surface area contributed by atoms with Crippen LogP contribution in [0.4, 0.5) is 5.13 Å². The van der Waals surface area contributed by atoms with Gasteiger partial charge in [0.05, 0.1) is 14.7 Å². The largest absolute Gasteiger partial charge is 0.480 e. The van der Waals surface area contributed by atoms with Crippen LogP contribution in [0.15, 0.2) is 57.6 Å². The third-order valence-corrected chi connectivity index (χ3v) is 5.84. The number of anilines is 1. The van der Waals surface area contributed by atoms with Crippen molar-refractivity contribution < 1.29 is 9.53 Å². The Balaban J connectivity index is 1.52. The molecule has 130 valence electrons. The van der Waals surface area contributed by atoms with E-state index in [0.29, 0.717) is 16.4 Å². The predicted octanol–water partition coefficient (Wildman–Crippen LogP) is 5.39. The Morgan fingerprint density at radius 3 is 2.85 bits per heavy atom. The van der Waals surface area contributed by atoms with Crippen LogP contribution in [0.3, 0.4) is 0 Å². The van der Waals surface area contributed by atoms with Gasteiger partial charge in [0, 0.05) is 16.1 Å². The maximum absolute atomic E-state index is 12.3. The number of nitrogens with zero attached hydrogens (tertiary/aromatic N) is 2. The van der Waals surface area contributed by atoms with E-state index in [1.165, 1.54) is 11.3 Å². The lowest BCUT2D eigenvalue weighted by Crippen LogP contribution is -2.20. The third-order valence-electron chi connectivity index (χ3n) is 3.64. The average Bonchev–Trinajstić information content (AvgIpc) is 3.03. The van der Waals surface area contributed by atoms with Crippen molar-refractivity contribution in [2.45, 2.75) is 0 Å². The number of aromatic nitrogens is 2. The summed E-state index contributed by atoms with van der Waals surface area (Å²) in [7, 11) is 0. The minimum atomic E-state index is -0.275. The molecule has 4 aromatic rings. The summed E-state index contributed by atoms with van der Waals surface area (Å²) in [6.07, 6.45) is 1.69. The third kappa shape index (κ3) is 3.44. The molecule has 4 rings (SSSR count).